The Labute approximate surface area is 130 Å². The van der Waals surface area contributed by atoms with Gasteiger partial charge in [0, 0.05) is 14.5 Å². The Hall–Kier alpha value is -1.18. The zero-order chi connectivity index (χ0) is 13.4. The van der Waals surface area contributed by atoms with Gasteiger partial charge in [0.15, 0.2) is 11.6 Å². The maximum atomic E-state index is 6.05. The zero-order valence-corrected chi connectivity index (χ0v) is 13.5. The predicted octanol–water partition coefficient (Wildman–Crippen LogP) is 4.31. The summed E-state index contributed by atoms with van der Waals surface area (Å²) in [6, 6.07) is 7.77. The molecule has 2 heterocycles. The lowest BCUT2D eigenvalue weighted by Crippen LogP contribution is -1.93. The van der Waals surface area contributed by atoms with Gasteiger partial charge >= 0.3 is 0 Å². The van der Waals surface area contributed by atoms with Crippen molar-refractivity contribution >= 4 is 48.9 Å². The van der Waals surface area contributed by atoms with Crippen LogP contribution in [-0.4, -0.2) is 15.2 Å². The summed E-state index contributed by atoms with van der Waals surface area (Å²) in [5.74, 6) is 1.34. The minimum Gasteiger partial charge on any atom is -0.397 e. The Morgan fingerprint density at radius 3 is 2.84 bits per heavy atom. The maximum Gasteiger partial charge on any atom is 0.183 e. The number of nitrogens with zero attached hydrogens (tertiary/aromatic N) is 2. The number of anilines is 1. The maximum absolute atomic E-state index is 6.05. The van der Waals surface area contributed by atoms with Crippen LogP contribution in [0.4, 0.5) is 5.69 Å². The first kappa shape index (κ1) is 12.8. The minimum absolute atomic E-state index is 0.586. The summed E-state index contributed by atoms with van der Waals surface area (Å²) >= 11 is 8.47. The molecule has 0 atom stereocenters. The molecule has 19 heavy (non-hydrogen) atoms. The van der Waals surface area contributed by atoms with Crippen LogP contribution in [0.2, 0.25) is 0 Å². The van der Waals surface area contributed by atoms with Gasteiger partial charge in [0.25, 0.3) is 0 Å². The monoisotopic (exact) mass is 398 g/mol. The topological polar surface area (TPSA) is 67.6 Å². The van der Waals surface area contributed by atoms with Gasteiger partial charge in [-0.15, -0.1) is 11.3 Å². The summed E-state index contributed by atoms with van der Waals surface area (Å²) in [7, 11) is 0. The van der Waals surface area contributed by atoms with Crippen LogP contribution >= 0.6 is 43.2 Å². The molecule has 0 unspecified atom stereocenters. The number of nitrogens with one attached hydrogen (secondary N) is 1. The summed E-state index contributed by atoms with van der Waals surface area (Å²) < 4.78 is 1.74. The Kier molecular flexibility index (Phi) is 3.42. The third-order valence-corrected chi connectivity index (χ3v) is 4.57. The molecule has 2 aromatic heterocycles. The van der Waals surface area contributed by atoms with Gasteiger partial charge in [0.05, 0.1) is 10.6 Å². The van der Waals surface area contributed by atoms with E-state index in [-0.39, 0.29) is 0 Å². The Morgan fingerprint density at radius 1 is 1.26 bits per heavy atom. The number of aromatic nitrogens is 3. The van der Waals surface area contributed by atoms with Gasteiger partial charge in [-0.25, -0.2) is 4.98 Å². The largest absolute Gasteiger partial charge is 0.397 e. The average Bonchev–Trinajstić information content (AvgIpc) is 3.03. The summed E-state index contributed by atoms with van der Waals surface area (Å²) in [4.78, 5) is 5.54. The fraction of sp³-hybridized carbons (Fsp3) is 0. The van der Waals surface area contributed by atoms with Gasteiger partial charge in [0.1, 0.15) is 0 Å². The van der Waals surface area contributed by atoms with E-state index in [1.54, 1.807) is 11.3 Å². The number of thiophene rings is 1. The third-order valence-electron chi connectivity index (χ3n) is 2.58. The standard InChI is InChI=1S/C12H8Br2N4S/c13-6-4-7(10(15)8(14)5-6)11-16-12(18-17-11)9-2-1-3-19-9/h1-5H,15H2,(H,16,17,18). The molecule has 96 valence electrons. The highest BCUT2D eigenvalue weighted by Crippen LogP contribution is 2.34. The van der Waals surface area contributed by atoms with Gasteiger partial charge in [-0.3, -0.25) is 5.10 Å². The highest BCUT2D eigenvalue weighted by Gasteiger charge is 2.13. The predicted molar refractivity (Wildman–Crippen MR) is 84.9 cm³/mol. The van der Waals surface area contributed by atoms with Crippen LogP contribution in [0.15, 0.2) is 38.6 Å². The van der Waals surface area contributed by atoms with Crippen LogP contribution < -0.4 is 5.73 Å². The van der Waals surface area contributed by atoms with Crippen molar-refractivity contribution in [2.24, 2.45) is 0 Å². The number of nitrogens with two attached hydrogens (primary N) is 1. The van der Waals surface area contributed by atoms with Crippen LogP contribution in [0.1, 0.15) is 0 Å². The number of hydrogen-bond donors (Lipinski definition) is 2. The molecule has 0 saturated heterocycles. The van der Waals surface area contributed by atoms with Gasteiger partial charge in [-0.2, -0.15) is 5.10 Å². The second-order valence-electron chi connectivity index (χ2n) is 3.83. The normalized spacial score (nSPS) is 10.8. The average molecular weight is 400 g/mol. The van der Waals surface area contributed by atoms with E-state index in [1.165, 1.54) is 0 Å². The number of halogens is 2. The van der Waals surface area contributed by atoms with E-state index in [0.717, 1.165) is 25.2 Å². The van der Waals surface area contributed by atoms with Gasteiger partial charge in [0.2, 0.25) is 0 Å². The summed E-state index contributed by atoms with van der Waals surface area (Å²) in [5.41, 5.74) is 7.47. The first-order valence-corrected chi connectivity index (χ1v) is 7.83. The quantitative estimate of drug-likeness (QED) is 0.631. The van der Waals surface area contributed by atoms with E-state index in [1.807, 2.05) is 29.6 Å². The molecule has 0 aliphatic rings. The lowest BCUT2D eigenvalue weighted by atomic mass is 10.2. The van der Waals surface area contributed by atoms with Crippen molar-refractivity contribution in [1.29, 1.82) is 0 Å². The minimum atomic E-state index is 0.586. The van der Waals surface area contributed by atoms with E-state index in [0.29, 0.717) is 11.5 Å². The molecule has 0 bridgehead atoms. The summed E-state index contributed by atoms with van der Waals surface area (Å²) in [6.07, 6.45) is 0. The van der Waals surface area contributed by atoms with Crippen molar-refractivity contribution in [3.05, 3.63) is 38.6 Å². The van der Waals surface area contributed by atoms with E-state index in [2.05, 4.69) is 47.0 Å². The molecule has 0 radical (unpaired) electrons. The number of hydrogen-bond acceptors (Lipinski definition) is 4. The van der Waals surface area contributed by atoms with Crippen molar-refractivity contribution in [3.63, 3.8) is 0 Å². The highest BCUT2D eigenvalue weighted by molar-refractivity contribution is 9.11. The van der Waals surface area contributed by atoms with Gasteiger partial charge in [-0.05, 0) is 39.5 Å². The number of benzene rings is 1. The molecule has 3 rings (SSSR count). The summed E-state index contributed by atoms with van der Waals surface area (Å²) in [6.45, 7) is 0. The molecular formula is C12H8Br2N4S. The summed E-state index contributed by atoms with van der Waals surface area (Å²) in [5, 5.41) is 9.17. The van der Waals surface area contributed by atoms with Crippen LogP contribution in [0.3, 0.4) is 0 Å². The Bertz CT molecular complexity index is 721. The second kappa shape index (κ2) is 5.07. The molecule has 0 fully saturated rings. The molecule has 0 aliphatic carbocycles. The fourth-order valence-corrected chi connectivity index (χ4v) is 3.56. The van der Waals surface area contributed by atoms with Crippen molar-refractivity contribution in [2.75, 3.05) is 5.73 Å². The van der Waals surface area contributed by atoms with Crippen LogP contribution in [0, 0.1) is 0 Å². The first-order valence-electron chi connectivity index (χ1n) is 5.36. The van der Waals surface area contributed by atoms with Crippen molar-refractivity contribution in [3.8, 4) is 22.1 Å². The Balaban J connectivity index is 2.09. The third kappa shape index (κ3) is 2.45. The molecule has 3 N–H and O–H groups in total. The molecule has 0 spiro atoms. The van der Waals surface area contributed by atoms with E-state index in [4.69, 9.17) is 5.73 Å². The molecule has 7 heteroatoms. The van der Waals surface area contributed by atoms with Crippen molar-refractivity contribution in [2.45, 2.75) is 0 Å². The smallest absolute Gasteiger partial charge is 0.183 e. The molecule has 0 amide bonds. The second-order valence-corrected chi connectivity index (χ2v) is 6.55. The van der Waals surface area contributed by atoms with Gasteiger partial charge in [-0.1, -0.05) is 22.0 Å². The number of H-pyrrole nitrogens is 1. The SMILES string of the molecule is Nc1c(Br)cc(Br)cc1-c1n[nH]c(-c2cccs2)n1. The lowest BCUT2D eigenvalue weighted by molar-refractivity contribution is 1.10. The first-order chi connectivity index (χ1) is 9.15. The fourth-order valence-electron chi connectivity index (χ4n) is 1.68. The molecule has 0 saturated carbocycles. The van der Waals surface area contributed by atoms with E-state index in [9.17, 15) is 0 Å². The lowest BCUT2D eigenvalue weighted by Gasteiger charge is -2.04. The van der Waals surface area contributed by atoms with Crippen molar-refractivity contribution < 1.29 is 0 Å². The van der Waals surface area contributed by atoms with Gasteiger partial charge < -0.3 is 5.73 Å². The van der Waals surface area contributed by atoms with Crippen LogP contribution in [0.25, 0.3) is 22.1 Å². The van der Waals surface area contributed by atoms with Crippen LogP contribution in [0.5, 0.6) is 0 Å². The molecule has 4 nitrogen and oxygen atoms in total. The van der Waals surface area contributed by atoms with Crippen LogP contribution in [-0.2, 0) is 0 Å². The van der Waals surface area contributed by atoms with E-state index >= 15 is 0 Å². The number of nitrogen functional groups attached to an aromatic ring is 1. The molecule has 1 aromatic carbocycles. The molecule has 3 aromatic rings. The highest BCUT2D eigenvalue weighted by atomic mass is 79.9. The molecular weight excluding hydrogens is 392 g/mol. The van der Waals surface area contributed by atoms with Crippen molar-refractivity contribution in [1.82, 2.24) is 15.2 Å². The number of rotatable bonds is 2. The zero-order valence-electron chi connectivity index (χ0n) is 9.52. The Morgan fingerprint density at radius 2 is 2.11 bits per heavy atom. The number of aromatic amines is 1. The van der Waals surface area contributed by atoms with E-state index < -0.39 is 0 Å². The molecule has 0 aliphatic heterocycles.